The van der Waals surface area contributed by atoms with E-state index in [-0.39, 0.29) is 0 Å². The number of hydrogen-bond acceptors (Lipinski definition) is 4. The molecule has 0 atom stereocenters. The number of thiazole rings is 1. The molecule has 1 rings (SSSR count). The standard InChI is InChI=1S/C10H18N2OS/c1-3-5-11-7-9-8-12-10(14-9)4-6-13-2/h8,11H,3-7H2,1-2H3. The molecule has 1 N–H and O–H groups in total. The van der Waals surface area contributed by atoms with Crippen molar-refractivity contribution in [3.05, 3.63) is 16.1 Å². The second-order valence-electron chi connectivity index (χ2n) is 3.14. The maximum Gasteiger partial charge on any atom is 0.0951 e. The summed E-state index contributed by atoms with van der Waals surface area (Å²) in [4.78, 5) is 5.64. The molecule has 0 unspecified atom stereocenters. The largest absolute Gasteiger partial charge is 0.384 e. The van der Waals surface area contributed by atoms with Crippen molar-refractivity contribution in [3.8, 4) is 0 Å². The molecule has 3 nitrogen and oxygen atoms in total. The third-order valence-electron chi connectivity index (χ3n) is 1.85. The van der Waals surface area contributed by atoms with Crippen LogP contribution in [0.3, 0.4) is 0 Å². The van der Waals surface area contributed by atoms with E-state index in [1.54, 1.807) is 18.4 Å². The van der Waals surface area contributed by atoms with Gasteiger partial charge in [0, 0.05) is 31.1 Å². The summed E-state index contributed by atoms with van der Waals surface area (Å²) in [5, 5.41) is 4.53. The van der Waals surface area contributed by atoms with Crippen molar-refractivity contribution in [2.75, 3.05) is 20.3 Å². The number of hydrogen-bond donors (Lipinski definition) is 1. The lowest BCUT2D eigenvalue weighted by Gasteiger charge is -1.98. The van der Waals surface area contributed by atoms with Crippen LogP contribution in [-0.2, 0) is 17.7 Å². The molecule has 4 heteroatoms. The van der Waals surface area contributed by atoms with Crippen molar-refractivity contribution in [2.24, 2.45) is 0 Å². The fourth-order valence-corrected chi connectivity index (χ4v) is 2.00. The minimum atomic E-state index is 0.759. The van der Waals surface area contributed by atoms with Crippen molar-refractivity contribution >= 4 is 11.3 Å². The predicted octanol–water partition coefficient (Wildman–Crippen LogP) is 1.83. The Balaban J connectivity index is 2.27. The Morgan fingerprint density at radius 1 is 1.57 bits per heavy atom. The first-order chi connectivity index (χ1) is 6.86. The smallest absolute Gasteiger partial charge is 0.0951 e. The maximum atomic E-state index is 5.00. The molecule has 14 heavy (non-hydrogen) atoms. The summed E-state index contributed by atoms with van der Waals surface area (Å²) in [5.74, 6) is 0. The van der Waals surface area contributed by atoms with Crippen LogP contribution in [-0.4, -0.2) is 25.2 Å². The minimum absolute atomic E-state index is 0.759. The highest BCUT2D eigenvalue weighted by atomic mass is 32.1. The number of ether oxygens (including phenoxy) is 1. The van der Waals surface area contributed by atoms with E-state index >= 15 is 0 Å². The molecule has 0 spiro atoms. The van der Waals surface area contributed by atoms with Crippen molar-refractivity contribution in [1.29, 1.82) is 0 Å². The van der Waals surface area contributed by atoms with E-state index in [1.165, 1.54) is 16.3 Å². The quantitative estimate of drug-likeness (QED) is 0.703. The first kappa shape index (κ1) is 11.6. The van der Waals surface area contributed by atoms with Gasteiger partial charge in [-0.15, -0.1) is 11.3 Å². The van der Waals surface area contributed by atoms with Crippen LogP contribution in [0.4, 0.5) is 0 Å². The van der Waals surface area contributed by atoms with Crippen LogP contribution in [0.25, 0.3) is 0 Å². The van der Waals surface area contributed by atoms with Crippen molar-refractivity contribution < 1.29 is 4.74 Å². The topological polar surface area (TPSA) is 34.2 Å². The van der Waals surface area contributed by atoms with E-state index in [0.29, 0.717) is 0 Å². The normalized spacial score (nSPS) is 10.7. The van der Waals surface area contributed by atoms with E-state index < -0.39 is 0 Å². The third kappa shape index (κ3) is 4.17. The molecule has 80 valence electrons. The van der Waals surface area contributed by atoms with Gasteiger partial charge < -0.3 is 10.1 Å². The maximum absolute atomic E-state index is 5.00. The van der Waals surface area contributed by atoms with E-state index in [2.05, 4.69) is 17.2 Å². The lowest BCUT2D eigenvalue weighted by molar-refractivity contribution is 0.202. The predicted molar refractivity (Wildman–Crippen MR) is 59.7 cm³/mol. The van der Waals surface area contributed by atoms with E-state index in [4.69, 9.17) is 4.74 Å². The van der Waals surface area contributed by atoms with Gasteiger partial charge in [-0.3, -0.25) is 0 Å². The Bertz CT molecular complexity index is 250. The summed E-state index contributed by atoms with van der Waals surface area (Å²) in [6.45, 7) is 4.95. The average Bonchev–Trinajstić information content (AvgIpc) is 2.63. The second kappa shape index (κ2) is 6.92. The minimum Gasteiger partial charge on any atom is -0.384 e. The Labute approximate surface area is 89.5 Å². The van der Waals surface area contributed by atoms with Crippen molar-refractivity contribution in [2.45, 2.75) is 26.3 Å². The number of methoxy groups -OCH3 is 1. The molecule has 1 heterocycles. The van der Waals surface area contributed by atoms with Gasteiger partial charge in [0.05, 0.1) is 11.6 Å². The lowest BCUT2D eigenvalue weighted by atomic mass is 10.4. The fraction of sp³-hybridized carbons (Fsp3) is 0.700. The highest BCUT2D eigenvalue weighted by Crippen LogP contribution is 2.13. The molecule has 0 aliphatic rings. The molecule has 1 aromatic rings. The highest BCUT2D eigenvalue weighted by Gasteiger charge is 2.00. The van der Waals surface area contributed by atoms with Gasteiger partial charge in [-0.1, -0.05) is 6.92 Å². The molecule has 0 saturated heterocycles. The van der Waals surface area contributed by atoms with Crippen LogP contribution in [0, 0.1) is 0 Å². The Hall–Kier alpha value is -0.450. The van der Waals surface area contributed by atoms with Gasteiger partial charge in [0.1, 0.15) is 0 Å². The summed E-state index contributed by atoms with van der Waals surface area (Å²) in [6, 6.07) is 0. The van der Waals surface area contributed by atoms with Crippen LogP contribution in [0.5, 0.6) is 0 Å². The Morgan fingerprint density at radius 2 is 2.43 bits per heavy atom. The Kier molecular flexibility index (Phi) is 5.75. The zero-order valence-electron chi connectivity index (χ0n) is 8.88. The van der Waals surface area contributed by atoms with Gasteiger partial charge >= 0.3 is 0 Å². The van der Waals surface area contributed by atoms with Gasteiger partial charge in [-0.05, 0) is 13.0 Å². The van der Waals surface area contributed by atoms with Crippen LogP contribution in [0.2, 0.25) is 0 Å². The van der Waals surface area contributed by atoms with Crippen LogP contribution >= 0.6 is 11.3 Å². The van der Waals surface area contributed by atoms with Gasteiger partial charge in [0.15, 0.2) is 0 Å². The third-order valence-corrected chi connectivity index (χ3v) is 2.90. The molecule has 0 amide bonds. The molecule has 1 aromatic heterocycles. The molecule has 0 aromatic carbocycles. The van der Waals surface area contributed by atoms with E-state index in [0.717, 1.165) is 26.1 Å². The molecule has 0 bridgehead atoms. The number of rotatable bonds is 7. The average molecular weight is 214 g/mol. The van der Waals surface area contributed by atoms with Gasteiger partial charge in [0.25, 0.3) is 0 Å². The van der Waals surface area contributed by atoms with Crippen molar-refractivity contribution in [1.82, 2.24) is 10.3 Å². The molecule has 0 saturated carbocycles. The molecule has 0 aliphatic heterocycles. The number of nitrogens with one attached hydrogen (secondary N) is 1. The first-order valence-electron chi connectivity index (χ1n) is 5.00. The lowest BCUT2D eigenvalue weighted by Crippen LogP contribution is -2.12. The first-order valence-corrected chi connectivity index (χ1v) is 5.81. The molecule has 0 fully saturated rings. The fourth-order valence-electron chi connectivity index (χ4n) is 1.12. The number of nitrogens with zero attached hydrogens (tertiary/aromatic N) is 1. The molecule has 0 radical (unpaired) electrons. The number of aromatic nitrogens is 1. The highest BCUT2D eigenvalue weighted by molar-refractivity contribution is 7.11. The summed E-state index contributed by atoms with van der Waals surface area (Å²) >= 11 is 1.77. The van der Waals surface area contributed by atoms with E-state index in [9.17, 15) is 0 Å². The monoisotopic (exact) mass is 214 g/mol. The molecule has 0 aliphatic carbocycles. The van der Waals surface area contributed by atoms with Crippen LogP contribution < -0.4 is 5.32 Å². The zero-order chi connectivity index (χ0) is 10.2. The molecular weight excluding hydrogens is 196 g/mol. The summed E-state index contributed by atoms with van der Waals surface area (Å²) in [6.07, 6.45) is 4.06. The molecular formula is C10H18N2OS. The van der Waals surface area contributed by atoms with Crippen LogP contribution in [0.1, 0.15) is 23.2 Å². The van der Waals surface area contributed by atoms with Gasteiger partial charge in [0.2, 0.25) is 0 Å². The van der Waals surface area contributed by atoms with Crippen LogP contribution in [0.15, 0.2) is 6.20 Å². The van der Waals surface area contributed by atoms with Gasteiger partial charge in [-0.25, -0.2) is 4.98 Å². The van der Waals surface area contributed by atoms with E-state index in [1.807, 2.05) is 6.20 Å². The summed E-state index contributed by atoms with van der Waals surface area (Å²) in [7, 11) is 1.72. The van der Waals surface area contributed by atoms with Crippen molar-refractivity contribution in [3.63, 3.8) is 0 Å². The summed E-state index contributed by atoms with van der Waals surface area (Å²) < 4.78 is 5.00. The zero-order valence-corrected chi connectivity index (χ0v) is 9.69. The SMILES string of the molecule is CCCNCc1cnc(CCOC)s1. The second-order valence-corrected chi connectivity index (χ2v) is 4.34. The summed E-state index contributed by atoms with van der Waals surface area (Å²) in [5.41, 5.74) is 0. The van der Waals surface area contributed by atoms with Gasteiger partial charge in [-0.2, -0.15) is 0 Å². The Morgan fingerprint density at radius 3 is 3.14 bits per heavy atom.